The van der Waals surface area contributed by atoms with Gasteiger partial charge in [-0.05, 0) is 37.6 Å². The molecule has 2 rings (SSSR count). The predicted molar refractivity (Wildman–Crippen MR) is 69.8 cm³/mol. The van der Waals surface area contributed by atoms with Crippen molar-refractivity contribution in [2.45, 2.75) is 13.8 Å². The lowest BCUT2D eigenvalue weighted by Crippen LogP contribution is -2.12. The number of phenols is 1. The van der Waals surface area contributed by atoms with E-state index in [1.807, 2.05) is 6.92 Å². The van der Waals surface area contributed by atoms with Crippen LogP contribution in [-0.4, -0.2) is 16.0 Å². The van der Waals surface area contributed by atoms with E-state index in [9.17, 15) is 9.90 Å². The summed E-state index contributed by atoms with van der Waals surface area (Å²) in [7, 11) is 0. The number of hydrogen-bond acceptors (Lipinski definition) is 3. The van der Waals surface area contributed by atoms with Crippen molar-refractivity contribution in [2.24, 2.45) is 0 Å². The molecule has 0 atom stereocenters. The number of aromatic nitrogens is 1. The van der Waals surface area contributed by atoms with Gasteiger partial charge in [-0.15, -0.1) is 0 Å². The van der Waals surface area contributed by atoms with Gasteiger partial charge in [-0.1, -0.05) is 12.1 Å². The Morgan fingerprint density at radius 3 is 2.78 bits per heavy atom. The maximum absolute atomic E-state index is 12.0. The smallest absolute Gasteiger partial charge is 0.259 e. The predicted octanol–water partition coefficient (Wildman–Crippen LogP) is 2.66. The molecule has 1 aromatic heterocycles. The van der Waals surface area contributed by atoms with Crippen molar-refractivity contribution in [1.82, 2.24) is 4.98 Å². The van der Waals surface area contributed by atoms with Crippen molar-refractivity contribution >= 4 is 11.6 Å². The Hall–Kier alpha value is -2.36. The molecule has 0 unspecified atom stereocenters. The third kappa shape index (κ3) is 2.48. The number of nitrogens with one attached hydrogen (secondary N) is 1. The van der Waals surface area contributed by atoms with E-state index in [-0.39, 0.29) is 17.2 Å². The summed E-state index contributed by atoms with van der Waals surface area (Å²) in [5.41, 5.74) is 2.42. The zero-order valence-corrected chi connectivity index (χ0v) is 10.3. The zero-order chi connectivity index (χ0) is 13.1. The van der Waals surface area contributed by atoms with Crippen LogP contribution in [0.15, 0.2) is 36.5 Å². The lowest BCUT2D eigenvalue weighted by Gasteiger charge is -2.08. The van der Waals surface area contributed by atoms with E-state index >= 15 is 0 Å². The fraction of sp³-hybridized carbons (Fsp3) is 0.143. The van der Waals surface area contributed by atoms with Gasteiger partial charge in [0.2, 0.25) is 0 Å². The number of amides is 1. The molecule has 0 saturated heterocycles. The molecular formula is C14H14N2O2. The molecule has 0 bridgehead atoms. The van der Waals surface area contributed by atoms with Gasteiger partial charge in [-0.2, -0.15) is 0 Å². The first-order chi connectivity index (χ1) is 8.58. The third-order valence-electron chi connectivity index (χ3n) is 2.64. The Morgan fingerprint density at radius 2 is 2.06 bits per heavy atom. The number of carbonyl (C=O) groups excluding carboxylic acids is 1. The molecule has 0 spiro atoms. The molecule has 4 heteroatoms. The number of nitrogens with zero attached hydrogens (tertiary/aromatic N) is 1. The number of para-hydroxylation sites is 1. The first-order valence-corrected chi connectivity index (χ1v) is 5.60. The van der Waals surface area contributed by atoms with Gasteiger partial charge in [0.1, 0.15) is 5.75 Å². The Kier molecular flexibility index (Phi) is 3.28. The summed E-state index contributed by atoms with van der Waals surface area (Å²) < 4.78 is 0. The van der Waals surface area contributed by atoms with Crippen LogP contribution in [0.25, 0.3) is 0 Å². The zero-order valence-electron chi connectivity index (χ0n) is 10.3. The summed E-state index contributed by atoms with van der Waals surface area (Å²) in [5, 5.41) is 12.6. The molecule has 0 aliphatic heterocycles. The highest BCUT2D eigenvalue weighted by Crippen LogP contribution is 2.22. The highest BCUT2D eigenvalue weighted by Gasteiger charge is 2.12. The van der Waals surface area contributed by atoms with E-state index in [4.69, 9.17) is 0 Å². The number of benzene rings is 1. The van der Waals surface area contributed by atoms with E-state index in [2.05, 4.69) is 10.3 Å². The Morgan fingerprint density at radius 1 is 1.28 bits per heavy atom. The lowest BCUT2D eigenvalue weighted by molar-refractivity contribution is 0.102. The molecule has 1 amide bonds. The SMILES string of the molecule is Cc1cc(NC(=O)c2cccc(C)c2O)ccn1. The standard InChI is InChI=1S/C14H14N2O2/c1-9-4-3-5-12(13(9)17)14(18)16-11-6-7-15-10(2)8-11/h3-8,17H,1-2H3,(H,15,16,18). The van der Waals surface area contributed by atoms with Crippen LogP contribution in [0.5, 0.6) is 5.75 Å². The number of rotatable bonds is 2. The van der Waals surface area contributed by atoms with Crippen LogP contribution in [0.1, 0.15) is 21.6 Å². The minimum atomic E-state index is -0.332. The molecule has 1 aromatic carbocycles. The highest BCUT2D eigenvalue weighted by atomic mass is 16.3. The van der Waals surface area contributed by atoms with Gasteiger partial charge in [0.05, 0.1) is 5.56 Å². The van der Waals surface area contributed by atoms with Crippen molar-refractivity contribution < 1.29 is 9.90 Å². The molecule has 2 aromatic rings. The van der Waals surface area contributed by atoms with Crippen LogP contribution in [0.2, 0.25) is 0 Å². The van der Waals surface area contributed by atoms with Gasteiger partial charge >= 0.3 is 0 Å². The summed E-state index contributed by atoms with van der Waals surface area (Å²) in [6, 6.07) is 8.55. The molecule has 1 heterocycles. The normalized spacial score (nSPS) is 10.1. The average molecular weight is 242 g/mol. The number of pyridine rings is 1. The van der Waals surface area contributed by atoms with Crippen LogP contribution in [0.4, 0.5) is 5.69 Å². The highest BCUT2D eigenvalue weighted by molar-refractivity contribution is 6.06. The number of aromatic hydroxyl groups is 1. The first-order valence-electron chi connectivity index (χ1n) is 5.60. The van der Waals surface area contributed by atoms with Crippen LogP contribution in [0.3, 0.4) is 0 Å². The van der Waals surface area contributed by atoms with E-state index in [0.717, 1.165) is 5.69 Å². The molecule has 0 aliphatic carbocycles. The second-order valence-electron chi connectivity index (χ2n) is 4.11. The maximum Gasteiger partial charge on any atom is 0.259 e. The van der Waals surface area contributed by atoms with E-state index in [0.29, 0.717) is 11.3 Å². The molecule has 0 radical (unpaired) electrons. The summed E-state index contributed by atoms with van der Waals surface area (Å²) in [5.74, 6) is -0.317. The van der Waals surface area contributed by atoms with Crippen LogP contribution >= 0.6 is 0 Å². The van der Waals surface area contributed by atoms with Crippen molar-refractivity contribution in [3.63, 3.8) is 0 Å². The van der Waals surface area contributed by atoms with E-state index in [1.54, 1.807) is 43.5 Å². The molecule has 18 heavy (non-hydrogen) atoms. The number of hydrogen-bond donors (Lipinski definition) is 2. The lowest BCUT2D eigenvalue weighted by atomic mass is 10.1. The Labute approximate surface area is 105 Å². The topological polar surface area (TPSA) is 62.2 Å². The van der Waals surface area contributed by atoms with E-state index < -0.39 is 0 Å². The third-order valence-corrected chi connectivity index (χ3v) is 2.64. The summed E-state index contributed by atoms with van der Waals surface area (Å²) in [6.07, 6.45) is 1.63. The summed E-state index contributed by atoms with van der Waals surface area (Å²) in [6.45, 7) is 3.60. The van der Waals surface area contributed by atoms with Gasteiger partial charge < -0.3 is 10.4 Å². The molecule has 0 saturated carbocycles. The van der Waals surface area contributed by atoms with Crippen molar-refractivity contribution in [3.05, 3.63) is 53.3 Å². The number of carbonyl (C=O) groups is 1. The monoisotopic (exact) mass is 242 g/mol. The molecule has 2 N–H and O–H groups in total. The van der Waals surface area contributed by atoms with Gasteiger partial charge in [-0.3, -0.25) is 9.78 Å². The Balaban J connectivity index is 2.25. The molecule has 0 aliphatic rings. The number of aryl methyl sites for hydroxylation is 2. The molecule has 0 fully saturated rings. The Bertz CT molecular complexity index is 594. The molecule has 92 valence electrons. The summed E-state index contributed by atoms with van der Waals surface area (Å²) in [4.78, 5) is 16.1. The quantitative estimate of drug-likeness (QED) is 0.851. The van der Waals surface area contributed by atoms with E-state index in [1.165, 1.54) is 0 Å². The number of anilines is 1. The van der Waals surface area contributed by atoms with Gasteiger partial charge in [0, 0.05) is 17.6 Å². The molecular weight excluding hydrogens is 228 g/mol. The first kappa shape index (κ1) is 12.1. The second kappa shape index (κ2) is 4.87. The second-order valence-corrected chi connectivity index (χ2v) is 4.11. The van der Waals surface area contributed by atoms with Gasteiger partial charge in [-0.25, -0.2) is 0 Å². The van der Waals surface area contributed by atoms with Gasteiger partial charge in [0.25, 0.3) is 5.91 Å². The fourth-order valence-electron chi connectivity index (χ4n) is 1.66. The largest absolute Gasteiger partial charge is 0.507 e. The van der Waals surface area contributed by atoms with Crippen molar-refractivity contribution in [3.8, 4) is 5.75 Å². The van der Waals surface area contributed by atoms with Crippen LogP contribution in [-0.2, 0) is 0 Å². The van der Waals surface area contributed by atoms with Crippen LogP contribution in [0, 0.1) is 13.8 Å². The average Bonchev–Trinajstić information content (AvgIpc) is 2.32. The summed E-state index contributed by atoms with van der Waals surface area (Å²) >= 11 is 0. The van der Waals surface area contributed by atoms with Gasteiger partial charge in [0.15, 0.2) is 0 Å². The maximum atomic E-state index is 12.0. The van der Waals surface area contributed by atoms with Crippen LogP contribution < -0.4 is 5.32 Å². The molecule has 4 nitrogen and oxygen atoms in total. The van der Waals surface area contributed by atoms with Crippen molar-refractivity contribution in [2.75, 3.05) is 5.32 Å². The van der Waals surface area contributed by atoms with Crippen molar-refractivity contribution in [1.29, 1.82) is 0 Å². The minimum absolute atomic E-state index is 0.0146. The number of phenolic OH excluding ortho intramolecular Hbond substituents is 1. The minimum Gasteiger partial charge on any atom is -0.507 e. The fourth-order valence-corrected chi connectivity index (χ4v) is 1.66.